The molecule has 6 heteroatoms. The molecular formula is C15H21NO4S. The lowest BCUT2D eigenvalue weighted by Gasteiger charge is -2.28. The molecule has 0 spiro atoms. The third kappa shape index (κ3) is 3.56. The SMILES string of the molecule is CCOC(=O)N(c1ccc(C)cc1C)C1CCS(=O)(=O)C1. The molecule has 1 aromatic carbocycles. The van der Waals surface area contributed by atoms with Gasteiger partial charge in [-0.2, -0.15) is 0 Å². The van der Waals surface area contributed by atoms with Gasteiger partial charge in [-0.05, 0) is 38.8 Å². The van der Waals surface area contributed by atoms with Gasteiger partial charge in [-0.1, -0.05) is 17.7 Å². The molecule has 0 aliphatic carbocycles. The van der Waals surface area contributed by atoms with Crippen LogP contribution in [0.1, 0.15) is 24.5 Å². The average molecular weight is 311 g/mol. The normalized spacial score (nSPS) is 20.2. The predicted molar refractivity (Wildman–Crippen MR) is 82.5 cm³/mol. The largest absolute Gasteiger partial charge is 0.449 e. The van der Waals surface area contributed by atoms with E-state index in [0.29, 0.717) is 6.42 Å². The van der Waals surface area contributed by atoms with E-state index in [0.717, 1.165) is 16.8 Å². The van der Waals surface area contributed by atoms with Crippen molar-refractivity contribution in [2.24, 2.45) is 0 Å². The molecule has 1 heterocycles. The summed E-state index contributed by atoms with van der Waals surface area (Å²) in [6, 6.07) is 5.39. The van der Waals surface area contributed by atoms with Gasteiger partial charge >= 0.3 is 6.09 Å². The van der Waals surface area contributed by atoms with Crippen LogP contribution in [0.4, 0.5) is 10.5 Å². The molecule has 0 radical (unpaired) electrons. The number of benzene rings is 1. The fourth-order valence-electron chi connectivity index (χ4n) is 2.69. The lowest BCUT2D eigenvalue weighted by molar-refractivity contribution is 0.157. The maximum Gasteiger partial charge on any atom is 0.414 e. The van der Waals surface area contributed by atoms with Crippen LogP contribution in [0.2, 0.25) is 0 Å². The van der Waals surface area contributed by atoms with Crippen LogP contribution in [0.15, 0.2) is 18.2 Å². The lowest BCUT2D eigenvalue weighted by Crippen LogP contribution is -2.42. The zero-order valence-corrected chi connectivity index (χ0v) is 13.4. The average Bonchev–Trinajstić information content (AvgIpc) is 2.73. The van der Waals surface area contributed by atoms with Gasteiger partial charge in [-0.25, -0.2) is 13.2 Å². The van der Waals surface area contributed by atoms with Crippen LogP contribution in [0, 0.1) is 13.8 Å². The van der Waals surface area contributed by atoms with Gasteiger partial charge in [-0.3, -0.25) is 4.90 Å². The Balaban J connectivity index is 2.39. The van der Waals surface area contributed by atoms with E-state index in [1.54, 1.807) is 6.92 Å². The van der Waals surface area contributed by atoms with Crippen LogP contribution in [0.3, 0.4) is 0 Å². The van der Waals surface area contributed by atoms with E-state index in [2.05, 4.69) is 0 Å². The Morgan fingerprint density at radius 2 is 2.10 bits per heavy atom. The second-order valence-electron chi connectivity index (χ2n) is 5.42. The third-order valence-corrected chi connectivity index (χ3v) is 5.40. The Kier molecular flexibility index (Phi) is 4.56. The minimum absolute atomic E-state index is 0.000862. The number of nitrogens with zero attached hydrogens (tertiary/aromatic N) is 1. The molecule has 116 valence electrons. The molecule has 1 unspecified atom stereocenters. The molecule has 0 N–H and O–H groups in total. The van der Waals surface area contributed by atoms with E-state index >= 15 is 0 Å². The highest BCUT2D eigenvalue weighted by Crippen LogP contribution is 2.28. The summed E-state index contributed by atoms with van der Waals surface area (Å²) in [6.45, 7) is 5.90. The molecule has 1 amide bonds. The summed E-state index contributed by atoms with van der Waals surface area (Å²) in [5.41, 5.74) is 2.76. The Morgan fingerprint density at radius 3 is 2.62 bits per heavy atom. The van der Waals surface area contributed by atoms with E-state index in [1.807, 2.05) is 32.0 Å². The molecule has 1 saturated heterocycles. The number of amides is 1. The predicted octanol–water partition coefficient (Wildman–Crippen LogP) is 2.45. The summed E-state index contributed by atoms with van der Waals surface area (Å²) in [6.07, 6.45) is -0.0272. The highest BCUT2D eigenvalue weighted by atomic mass is 32.2. The Bertz CT molecular complexity index is 639. The summed E-state index contributed by atoms with van der Waals surface area (Å²) in [4.78, 5) is 13.8. The van der Waals surface area contributed by atoms with Crippen molar-refractivity contribution >= 4 is 21.6 Å². The molecule has 0 aromatic heterocycles. The summed E-state index contributed by atoms with van der Waals surface area (Å²) < 4.78 is 28.6. The van der Waals surface area contributed by atoms with Crippen molar-refractivity contribution in [3.8, 4) is 0 Å². The molecule has 0 bridgehead atoms. The molecule has 5 nitrogen and oxygen atoms in total. The zero-order valence-electron chi connectivity index (χ0n) is 12.6. The van der Waals surface area contributed by atoms with Gasteiger partial charge in [0, 0.05) is 0 Å². The lowest BCUT2D eigenvalue weighted by atomic mass is 10.1. The fourth-order valence-corrected chi connectivity index (χ4v) is 4.39. The minimum atomic E-state index is -3.07. The van der Waals surface area contributed by atoms with Crippen molar-refractivity contribution in [1.29, 1.82) is 0 Å². The van der Waals surface area contributed by atoms with Crippen LogP contribution in [-0.2, 0) is 14.6 Å². The van der Waals surface area contributed by atoms with Crippen LogP contribution >= 0.6 is 0 Å². The quantitative estimate of drug-likeness (QED) is 0.860. The van der Waals surface area contributed by atoms with Gasteiger partial charge in [0.25, 0.3) is 0 Å². The number of aryl methyl sites for hydroxylation is 2. The maximum absolute atomic E-state index is 12.3. The highest BCUT2D eigenvalue weighted by Gasteiger charge is 2.36. The fraction of sp³-hybridized carbons (Fsp3) is 0.533. The van der Waals surface area contributed by atoms with Crippen LogP contribution < -0.4 is 4.90 Å². The van der Waals surface area contributed by atoms with E-state index in [1.165, 1.54) is 4.90 Å². The monoisotopic (exact) mass is 311 g/mol. The van der Waals surface area contributed by atoms with Gasteiger partial charge in [0.1, 0.15) is 0 Å². The first kappa shape index (κ1) is 15.8. The molecule has 1 aromatic rings. The molecule has 1 fully saturated rings. The van der Waals surface area contributed by atoms with Crippen molar-refractivity contribution in [1.82, 2.24) is 0 Å². The van der Waals surface area contributed by atoms with Crippen molar-refractivity contribution < 1.29 is 17.9 Å². The molecule has 1 atom stereocenters. The van der Waals surface area contributed by atoms with Crippen molar-refractivity contribution in [3.63, 3.8) is 0 Å². The van der Waals surface area contributed by atoms with Gasteiger partial charge in [-0.15, -0.1) is 0 Å². The summed E-state index contributed by atoms with van der Waals surface area (Å²) in [5, 5.41) is 0. The summed E-state index contributed by atoms with van der Waals surface area (Å²) >= 11 is 0. The molecule has 21 heavy (non-hydrogen) atoms. The van der Waals surface area contributed by atoms with E-state index < -0.39 is 15.9 Å². The van der Waals surface area contributed by atoms with Crippen LogP contribution in [-0.4, -0.2) is 38.7 Å². The number of hydrogen-bond donors (Lipinski definition) is 0. The molecule has 1 aliphatic rings. The number of ether oxygens (including phenoxy) is 1. The number of carbonyl (C=O) groups excluding carboxylic acids is 1. The number of rotatable bonds is 3. The van der Waals surface area contributed by atoms with E-state index in [9.17, 15) is 13.2 Å². The second kappa shape index (κ2) is 6.05. The number of sulfone groups is 1. The summed E-state index contributed by atoms with van der Waals surface area (Å²) in [5.74, 6) is 0.123. The minimum Gasteiger partial charge on any atom is -0.449 e. The molecule has 1 aliphatic heterocycles. The third-order valence-electron chi connectivity index (χ3n) is 3.65. The van der Waals surface area contributed by atoms with E-state index in [-0.39, 0.29) is 24.2 Å². The van der Waals surface area contributed by atoms with Gasteiger partial charge < -0.3 is 4.74 Å². The van der Waals surface area contributed by atoms with Gasteiger partial charge in [0.15, 0.2) is 9.84 Å². The number of anilines is 1. The molecule has 2 rings (SSSR count). The highest BCUT2D eigenvalue weighted by molar-refractivity contribution is 7.91. The Labute approximate surface area is 125 Å². The van der Waals surface area contributed by atoms with Gasteiger partial charge in [0.05, 0.1) is 29.8 Å². The van der Waals surface area contributed by atoms with Crippen molar-refractivity contribution in [3.05, 3.63) is 29.3 Å². The smallest absolute Gasteiger partial charge is 0.414 e. The Hall–Kier alpha value is -1.56. The van der Waals surface area contributed by atoms with Crippen LogP contribution in [0.25, 0.3) is 0 Å². The standard InChI is InChI=1S/C15H21NO4S/c1-4-20-15(17)16(13-7-8-21(18,19)10-13)14-6-5-11(2)9-12(14)3/h5-6,9,13H,4,7-8,10H2,1-3H3. The van der Waals surface area contributed by atoms with Crippen molar-refractivity contribution in [2.45, 2.75) is 33.2 Å². The second-order valence-corrected chi connectivity index (χ2v) is 7.64. The zero-order chi connectivity index (χ0) is 15.6. The first-order chi connectivity index (χ1) is 9.84. The van der Waals surface area contributed by atoms with Crippen LogP contribution in [0.5, 0.6) is 0 Å². The Morgan fingerprint density at radius 1 is 1.38 bits per heavy atom. The van der Waals surface area contributed by atoms with Gasteiger partial charge in [0.2, 0.25) is 0 Å². The summed E-state index contributed by atoms with van der Waals surface area (Å²) in [7, 11) is -3.07. The first-order valence-electron chi connectivity index (χ1n) is 7.07. The maximum atomic E-state index is 12.3. The molecular weight excluding hydrogens is 290 g/mol. The number of hydrogen-bond acceptors (Lipinski definition) is 4. The topological polar surface area (TPSA) is 63.7 Å². The first-order valence-corrected chi connectivity index (χ1v) is 8.90. The van der Waals surface area contributed by atoms with Crippen molar-refractivity contribution in [2.75, 3.05) is 23.0 Å². The number of carbonyl (C=O) groups is 1. The molecule has 0 saturated carbocycles. The van der Waals surface area contributed by atoms with E-state index in [4.69, 9.17) is 4.74 Å².